The fourth-order valence-corrected chi connectivity index (χ4v) is 5.77. The van der Waals surface area contributed by atoms with Crippen LogP contribution in [0.1, 0.15) is 57.4 Å². The average molecular weight is 652 g/mol. The molecule has 0 fully saturated rings. The van der Waals surface area contributed by atoms with E-state index in [9.17, 15) is 19.2 Å². The van der Waals surface area contributed by atoms with Crippen LogP contribution in [0.5, 0.6) is 11.5 Å². The van der Waals surface area contributed by atoms with Gasteiger partial charge in [0.1, 0.15) is 11.5 Å². The summed E-state index contributed by atoms with van der Waals surface area (Å²) < 4.78 is 23.7. The van der Waals surface area contributed by atoms with Gasteiger partial charge in [0.25, 0.3) is 11.1 Å². The number of ether oxygens (including phenoxy) is 4. The molecule has 3 N–H and O–H groups in total. The molecule has 0 amide bonds. The second-order valence-corrected chi connectivity index (χ2v) is 10.6. The molecule has 0 radical (unpaired) electrons. The Balaban J connectivity index is 1.71. The molecule has 3 heterocycles. The smallest absolute Gasteiger partial charge is 0.356 e. The number of hydrogen-bond acceptors (Lipinski definition) is 8. The van der Waals surface area contributed by atoms with E-state index in [1.807, 2.05) is 24.3 Å². The zero-order chi connectivity index (χ0) is 33.9. The van der Waals surface area contributed by atoms with Crippen molar-refractivity contribution in [2.24, 2.45) is 0 Å². The Labute approximate surface area is 273 Å². The van der Waals surface area contributed by atoms with E-state index in [1.165, 1.54) is 23.6 Å². The van der Waals surface area contributed by atoms with Gasteiger partial charge in [-0.3, -0.25) is 19.8 Å². The van der Waals surface area contributed by atoms with Crippen LogP contribution in [0.2, 0.25) is 0 Å². The number of fused-ring (bicyclic) bond motifs is 1. The Morgan fingerprint density at radius 2 is 1.15 bits per heavy atom. The lowest BCUT2D eigenvalue weighted by molar-refractivity contribution is 0.0510. The number of rotatable bonds is 11. The van der Waals surface area contributed by atoms with Crippen LogP contribution < -0.4 is 20.6 Å². The minimum atomic E-state index is -1.26. The molecule has 246 valence electrons. The highest BCUT2D eigenvalue weighted by atomic mass is 16.5. The molecule has 0 aliphatic carbocycles. The number of hydrogen-bond donors (Lipinski definition) is 3. The van der Waals surface area contributed by atoms with Gasteiger partial charge in [-0.15, -0.1) is 0 Å². The van der Waals surface area contributed by atoms with Crippen LogP contribution in [0.15, 0.2) is 88.6 Å². The van der Waals surface area contributed by atoms with Crippen molar-refractivity contribution in [2.45, 2.75) is 19.8 Å². The summed E-state index contributed by atoms with van der Waals surface area (Å²) in [6.07, 6.45) is 1.66. The molecule has 6 aromatic rings. The SMILES string of the molecule is CCOC(=O)c1[nH]n(-c2ccc(OC)cc2)c(=O)c1C(c1c(C(=O)OCC)[nH]n(-c2ccc(OC)cc2)c1=O)c1c[nH]c2ccccc12. The highest BCUT2D eigenvalue weighted by Gasteiger charge is 2.38. The van der Waals surface area contributed by atoms with Crippen molar-refractivity contribution >= 4 is 22.8 Å². The summed E-state index contributed by atoms with van der Waals surface area (Å²) in [6.45, 7) is 3.33. The third kappa shape index (κ3) is 5.55. The molecule has 0 aliphatic heterocycles. The van der Waals surface area contributed by atoms with E-state index in [0.29, 0.717) is 39.3 Å². The Morgan fingerprint density at radius 1 is 0.688 bits per heavy atom. The molecular formula is C35H33N5O8. The van der Waals surface area contributed by atoms with Crippen LogP contribution in [-0.4, -0.2) is 63.9 Å². The Morgan fingerprint density at radius 3 is 1.58 bits per heavy atom. The van der Waals surface area contributed by atoms with E-state index in [2.05, 4.69) is 15.2 Å². The second kappa shape index (κ2) is 13.2. The number of para-hydroxylation sites is 1. The van der Waals surface area contributed by atoms with Gasteiger partial charge in [0.15, 0.2) is 11.4 Å². The molecule has 3 aromatic heterocycles. The monoisotopic (exact) mass is 651 g/mol. The first-order chi connectivity index (χ1) is 23.3. The first kappa shape index (κ1) is 31.7. The van der Waals surface area contributed by atoms with Gasteiger partial charge in [-0.05, 0) is 74.0 Å². The van der Waals surface area contributed by atoms with Crippen molar-refractivity contribution in [3.63, 3.8) is 0 Å². The Kier molecular flexibility index (Phi) is 8.75. The van der Waals surface area contributed by atoms with Gasteiger partial charge in [-0.25, -0.2) is 19.0 Å². The van der Waals surface area contributed by atoms with E-state index >= 15 is 0 Å². The molecular weight excluding hydrogens is 618 g/mol. The van der Waals surface area contributed by atoms with Crippen molar-refractivity contribution in [3.05, 3.63) is 128 Å². The number of methoxy groups -OCH3 is 2. The van der Waals surface area contributed by atoms with E-state index in [0.717, 1.165) is 0 Å². The number of aromatic nitrogens is 5. The summed E-state index contributed by atoms with van der Waals surface area (Å²) in [7, 11) is 3.05. The van der Waals surface area contributed by atoms with Gasteiger partial charge in [-0.1, -0.05) is 18.2 Å². The lowest BCUT2D eigenvalue weighted by Gasteiger charge is -2.16. The number of nitrogens with one attached hydrogen (secondary N) is 3. The summed E-state index contributed by atoms with van der Waals surface area (Å²) in [6, 6.07) is 20.6. The predicted octanol–water partition coefficient (Wildman–Crippen LogP) is 4.68. The Hall–Kier alpha value is -6.24. The number of carbonyl (C=O) groups is 2. The summed E-state index contributed by atoms with van der Waals surface area (Å²) in [5.41, 5.74) is 0.141. The quantitative estimate of drug-likeness (QED) is 0.170. The summed E-state index contributed by atoms with van der Waals surface area (Å²) in [5, 5.41) is 6.51. The van der Waals surface area contributed by atoms with Crippen molar-refractivity contribution < 1.29 is 28.5 Å². The lowest BCUT2D eigenvalue weighted by Crippen LogP contribution is -2.27. The Bertz CT molecular complexity index is 2100. The molecule has 6 rings (SSSR count). The maximum atomic E-state index is 14.6. The van der Waals surface area contributed by atoms with Gasteiger partial charge in [0.05, 0.1) is 55.9 Å². The summed E-state index contributed by atoms with van der Waals surface area (Å²) >= 11 is 0. The van der Waals surface area contributed by atoms with Crippen molar-refractivity contribution in [1.82, 2.24) is 24.5 Å². The molecule has 0 atom stereocenters. The first-order valence-corrected chi connectivity index (χ1v) is 15.2. The highest BCUT2D eigenvalue weighted by Crippen LogP contribution is 2.37. The largest absolute Gasteiger partial charge is 0.497 e. The van der Waals surface area contributed by atoms with Crippen LogP contribution in [-0.2, 0) is 9.47 Å². The van der Waals surface area contributed by atoms with Gasteiger partial charge >= 0.3 is 11.9 Å². The standard InChI is InChI=1S/C35H33N5O8/c1-5-47-34(43)30-28(32(41)39(37-30)20-11-15-22(45-3)16-12-20)27(25-19-36-26-10-8-7-9-24(25)26)29-31(35(44)48-6-2)38-40(33(29)42)21-13-17-23(46-4)18-14-21/h7-19,27,36-38H,5-6H2,1-4H3. The predicted molar refractivity (Wildman–Crippen MR) is 177 cm³/mol. The molecule has 0 unspecified atom stereocenters. The topological polar surface area (TPSA) is 162 Å². The van der Waals surface area contributed by atoms with Crippen LogP contribution in [0.3, 0.4) is 0 Å². The molecule has 13 heteroatoms. The lowest BCUT2D eigenvalue weighted by atomic mass is 9.84. The van der Waals surface area contributed by atoms with Gasteiger partial charge in [0, 0.05) is 17.1 Å². The van der Waals surface area contributed by atoms with Gasteiger partial charge < -0.3 is 23.9 Å². The number of aromatic amines is 3. The first-order valence-electron chi connectivity index (χ1n) is 15.2. The molecule has 0 aliphatic rings. The van der Waals surface area contributed by atoms with Crippen LogP contribution in [0, 0.1) is 0 Å². The molecule has 48 heavy (non-hydrogen) atoms. The molecule has 0 saturated carbocycles. The van der Waals surface area contributed by atoms with E-state index in [4.69, 9.17) is 18.9 Å². The number of benzene rings is 3. The molecule has 13 nitrogen and oxygen atoms in total. The maximum absolute atomic E-state index is 14.6. The molecule has 0 saturated heterocycles. The number of carbonyl (C=O) groups excluding carboxylic acids is 2. The fraction of sp³-hybridized carbons (Fsp3) is 0.200. The number of nitrogens with zero attached hydrogens (tertiary/aromatic N) is 2. The third-order valence-electron chi connectivity index (χ3n) is 7.98. The number of H-pyrrole nitrogens is 3. The van der Waals surface area contributed by atoms with Crippen molar-refractivity contribution in [2.75, 3.05) is 27.4 Å². The van der Waals surface area contributed by atoms with Crippen LogP contribution in [0.4, 0.5) is 0 Å². The highest BCUT2D eigenvalue weighted by molar-refractivity contribution is 5.93. The van der Waals surface area contributed by atoms with E-state index < -0.39 is 29.0 Å². The molecule has 0 spiro atoms. The third-order valence-corrected chi connectivity index (χ3v) is 7.98. The summed E-state index contributed by atoms with van der Waals surface area (Å²) in [4.78, 5) is 59.6. The van der Waals surface area contributed by atoms with Crippen LogP contribution >= 0.6 is 0 Å². The maximum Gasteiger partial charge on any atom is 0.356 e. The van der Waals surface area contributed by atoms with Crippen molar-refractivity contribution in [1.29, 1.82) is 0 Å². The minimum Gasteiger partial charge on any atom is -0.497 e. The van der Waals surface area contributed by atoms with E-state index in [-0.39, 0.29) is 35.7 Å². The van der Waals surface area contributed by atoms with Gasteiger partial charge in [-0.2, -0.15) is 0 Å². The minimum absolute atomic E-state index is 0.0221. The van der Waals surface area contributed by atoms with Gasteiger partial charge in [0.2, 0.25) is 0 Å². The van der Waals surface area contributed by atoms with E-state index in [1.54, 1.807) is 68.6 Å². The number of esters is 2. The molecule has 0 bridgehead atoms. The normalized spacial score (nSPS) is 11.2. The average Bonchev–Trinajstić information content (AvgIpc) is 3.80. The zero-order valence-electron chi connectivity index (χ0n) is 26.7. The van der Waals surface area contributed by atoms with Crippen LogP contribution in [0.25, 0.3) is 22.3 Å². The fourth-order valence-electron chi connectivity index (χ4n) is 5.77. The zero-order valence-corrected chi connectivity index (χ0v) is 26.7. The molecule has 3 aromatic carbocycles. The summed E-state index contributed by atoms with van der Waals surface area (Å²) in [5.74, 6) is -1.76. The van der Waals surface area contributed by atoms with Crippen molar-refractivity contribution in [3.8, 4) is 22.9 Å². The second-order valence-electron chi connectivity index (χ2n) is 10.6.